The van der Waals surface area contributed by atoms with E-state index in [0.717, 1.165) is 17.4 Å². The van der Waals surface area contributed by atoms with Crippen molar-refractivity contribution in [3.63, 3.8) is 0 Å². The number of carbonyl (C=O) groups is 1. The van der Waals surface area contributed by atoms with E-state index in [0.29, 0.717) is 36.3 Å². The summed E-state index contributed by atoms with van der Waals surface area (Å²) >= 11 is 0. The molecule has 3 aromatic heterocycles. The van der Waals surface area contributed by atoms with Crippen molar-refractivity contribution in [2.24, 2.45) is 0 Å². The van der Waals surface area contributed by atoms with Crippen LogP contribution in [0, 0.1) is 0 Å². The molecule has 1 aromatic carbocycles. The highest BCUT2D eigenvalue weighted by molar-refractivity contribution is 5.93. The van der Waals surface area contributed by atoms with Gasteiger partial charge >= 0.3 is 0 Å². The molecule has 0 unspecified atom stereocenters. The summed E-state index contributed by atoms with van der Waals surface area (Å²) in [6.07, 6.45) is 1.58. The quantitative estimate of drug-likeness (QED) is 0.499. The van der Waals surface area contributed by atoms with Crippen LogP contribution in [0.3, 0.4) is 0 Å². The third kappa shape index (κ3) is 2.77. The zero-order chi connectivity index (χ0) is 18.2. The van der Waals surface area contributed by atoms with Crippen LogP contribution in [0.25, 0.3) is 28.1 Å². The second-order valence-corrected chi connectivity index (χ2v) is 6.29. The Balaban J connectivity index is 1.66. The number of anilines is 1. The number of hydrogen-bond acceptors (Lipinski definition) is 7. The summed E-state index contributed by atoms with van der Waals surface area (Å²) in [4.78, 5) is 21.6. The standard InChI is InChI=1S/C18H17N7O2/c26-17-13(10-19-7-8-20-17)22-18-21-12-5-2-1-4-11(12)16-23-15(24-25(16)18)14-6-3-9-27-14/h1-6,9,13,19H,7-8,10H2,(H,20,26)(H,21,22)/t13-/m1/s1. The second-order valence-electron chi connectivity index (χ2n) is 6.29. The first kappa shape index (κ1) is 15.8. The second kappa shape index (κ2) is 6.36. The Morgan fingerprint density at radius 3 is 2.96 bits per heavy atom. The lowest BCUT2D eigenvalue weighted by Crippen LogP contribution is -2.42. The lowest BCUT2D eigenvalue weighted by molar-refractivity contribution is -0.121. The third-order valence-electron chi connectivity index (χ3n) is 4.49. The number of rotatable bonds is 3. The van der Waals surface area contributed by atoms with E-state index in [1.807, 2.05) is 24.3 Å². The Bertz CT molecular complexity index is 1120. The van der Waals surface area contributed by atoms with E-state index in [9.17, 15) is 4.79 Å². The number of hydrogen-bond donors (Lipinski definition) is 3. The van der Waals surface area contributed by atoms with Crippen LogP contribution in [0.2, 0.25) is 0 Å². The highest BCUT2D eigenvalue weighted by atomic mass is 16.3. The highest BCUT2D eigenvalue weighted by Gasteiger charge is 2.23. The van der Waals surface area contributed by atoms with Crippen molar-refractivity contribution in [1.82, 2.24) is 30.2 Å². The van der Waals surface area contributed by atoms with E-state index in [4.69, 9.17) is 4.42 Å². The summed E-state index contributed by atoms with van der Waals surface area (Å²) < 4.78 is 7.05. The number of amides is 1. The van der Waals surface area contributed by atoms with Gasteiger partial charge in [-0.25, -0.2) is 9.97 Å². The topological polar surface area (TPSA) is 109 Å². The molecular formula is C18H17N7O2. The van der Waals surface area contributed by atoms with E-state index in [1.165, 1.54) is 0 Å². The molecule has 0 spiro atoms. The van der Waals surface area contributed by atoms with Crippen molar-refractivity contribution >= 4 is 28.4 Å². The molecule has 5 rings (SSSR count). The molecule has 0 saturated carbocycles. The molecule has 1 saturated heterocycles. The molecule has 3 N–H and O–H groups in total. The van der Waals surface area contributed by atoms with Gasteiger partial charge in [0.05, 0.1) is 11.8 Å². The molecular weight excluding hydrogens is 346 g/mol. The van der Waals surface area contributed by atoms with Gasteiger partial charge in [-0.2, -0.15) is 4.52 Å². The van der Waals surface area contributed by atoms with Crippen LogP contribution >= 0.6 is 0 Å². The molecule has 136 valence electrons. The molecule has 9 nitrogen and oxygen atoms in total. The molecule has 1 aliphatic rings. The first-order valence-corrected chi connectivity index (χ1v) is 8.74. The van der Waals surface area contributed by atoms with E-state index in [1.54, 1.807) is 22.9 Å². The Kier molecular flexibility index (Phi) is 3.72. The molecule has 1 atom stereocenters. The van der Waals surface area contributed by atoms with Gasteiger partial charge in [-0.1, -0.05) is 12.1 Å². The number of carbonyl (C=O) groups excluding carboxylic acids is 1. The molecule has 1 aliphatic heterocycles. The molecule has 0 radical (unpaired) electrons. The maximum atomic E-state index is 12.3. The van der Waals surface area contributed by atoms with Crippen LogP contribution < -0.4 is 16.0 Å². The summed E-state index contributed by atoms with van der Waals surface area (Å²) in [7, 11) is 0. The number of nitrogens with one attached hydrogen (secondary N) is 3. The summed E-state index contributed by atoms with van der Waals surface area (Å²) in [6, 6.07) is 10.8. The smallest absolute Gasteiger partial charge is 0.243 e. The van der Waals surface area contributed by atoms with Crippen molar-refractivity contribution in [1.29, 1.82) is 0 Å². The Morgan fingerprint density at radius 2 is 2.07 bits per heavy atom. The van der Waals surface area contributed by atoms with Gasteiger partial charge in [-0.05, 0) is 24.3 Å². The van der Waals surface area contributed by atoms with Crippen LogP contribution in [-0.2, 0) is 4.79 Å². The number of para-hydroxylation sites is 1. The highest BCUT2D eigenvalue weighted by Crippen LogP contribution is 2.24. The molecule has 4 aromatic rings. The van der Waals surface area contributed by atoms with Crippen molar-refractivity contribution in [3.05, 3.63) is 42.7 Å². The predicted molar refractivity (Wildman–Crippen MR) is 99.3 cm³/mol. The largest absolute Gasteiger partial charge is 0.461 e. The van der Waals surface area contributed by atoms with Gasteiger partial charge in [-0.3, -0.25) is 4.79 Å². The fraction of sp³-hybridized carbons (Fsp3) is 0.222. The number of nitrogens with zero attached hydrogens (tertiary/aromatic N) is 4. The van der Waals surface area contributed by atoms with Crippen LogP contribution in [0.1, 0.15) is 0 Å². The average molecular weight is 363 g/mol. The maximum Gasteiger partial charge on any atom is 0.243 e. The molecule has 4 heterocycles. The summed E-state index contributed by atoms with van der Waals surface area (Å²) in [5.41, 5.74) is 1.42. The summed E-state index contributed by atoms with van der Waals surface area (Å²) in [6.45, 7) is 1.83. The number of aromatic nitrogens is 4. The monoisotopic (exact) mass is 363 g/mol. The van der Waals surface area contributed by atoms with Crippen LogP contribution in [-0.4, -0.2) is 51.2 Å². The van der Waals surface area contributed by atoms with Crippen molar-refractivity contribution in [3.8, 4) is 11.6 Å². The Hall–Kier alpha value is -3.46. The summed E-state index contributed by atoms with van der Waals surface area (Å²) in [5, 5.41) is 14.7. The van der Waals surface area contributed by atoms with Gasteiger partial charge in [0.25, 0.3) is 0 Å². The van der Waals surface area contributed by atoms with E-state index in [2.05, 4.69) is 31.0 Å². The fourth-order valence-electron chi connectivity index (χ4n) is 3.17. The first-order chi connectivity index (χ1) is 13.3. The minimum atomic E-state index is -0.458. The van der Waals surface area contributed by atoms with E-state index < -0.39 is 6.04 Å². The van der Waals surface area contributed by atoms with Crippen molar-refractivity contribution in [2.45, 2.75) is 6.04 Å². The lowest BCUT2D eigenvalue weighted by Gasteiger charge is -2.16. The zero-order valence-corrected chi connectivity index (χ0v) is 14.3. The van der Waals surface area contributed by atoms with Gasteiger partial charge in [0, 0.05) is 25.0 Å². The molecule has 0 aliphatic carbocycles. The SMILES string of the molecule is O=C1NCCNC[C@H]1Nc1nc2ccccc2c2nc(-c3ccco3)nn12. The third-order valence-corrected chi connectivity index (χ3v) is 4.49. The minimum Gasteiger partial charge on any atom is -0.461 e. The van der Waals surface area contributed by atoms with Gasteiger partial charge in [0.1, 0.15) is 6.04 Å². The molecule has 27 heavy (non-hydrogen) atoms. The maximum absolute atomic E-state index is 12.3. The van der Waals surface area contributed by atoms with Gasteiger partial charge in [-0.15, -0.1) is 5.10 Å². The number of furan rings is 1. The summed E-state index contributed by atoms with van der Waals surface area (Å²) in [5.74, 6) is 1.42. The molecule has 0 bridgehead atoms. The lowest BCUT2D eigenvalue weighted by atomic mass is 10.2. The van der Waals surface area contributed by atoms with Crippen molar-refractivity contribution < 1.29 is 9.21 Å². The zero-order valence-electron chi connectivity index (χ0n) is 14.3. The van der Waals surface area contributed by atoms with Gasteiger partial charge < -0.3 is 20.4 Å². The fourth-order valence-corrected chi connectivity index (χ4v) is 3.17. The average Bonchev–Trinajstić information content (AvgIpc) is 3.32. The Morgan fingerprint density at radius 1 is 1.15 bits per heavy atom. The van der Waals surface area contributed by atoms with Crippen LogP contribution in [0.4, 0.5) is 5.95 Å². The van der Waals surface area contributed by atoms with Gasteiger partial charge in [0.2, 0.25) is 17.7 Å². The minimum absolute atomic E-state index is 0.0746. The number of fused-ring (bicyclic) bond motifs is 3. The normalized spacial score (nSPS) is 17.8. The van der Waals surface area contributed by atoms with E-state index in [-0.39, 0.29) is 5.91 Å². The first-order valence-electron chi connectivity index (χ1n) is 8.74. The van der Waals surface area contributed by atoms with Crippen LogP contribution in [0.5, 0.6) is 0 Å². The van der Waals surface area contributed by atoms with Crippen LogP contribution in [0.15, 0.2) is 47.1 Å². The molecule has 1 amide bonds. The Labute approximate surface area is 153 Å². The van der Waals surface area contributed by atoms with Crippen molar-refractivity contribution in [2.75, 3.05) is 25.0 Å². The van der Waals surface area contributed by atoms with Gasteiger partial charge in [0.15, 0.2) is 11.4 Å². The van der Waals surface area contributed by atoms with E-state index >= 15 is 0 Å². The molecule has 1 fully saturated rings. The molecule has 9 heteroatoms. The predicted octanol–water partition coefficient (Wildman–Crippen LogP) is 1.04. The number of benzene rings is 1.